The molecule has 28 heavy (non-hydrogen) atoms. The summed E-state index contributed by atoms with van der Waals surface area (Å²) in [5.74, 6) is 1.60. The summed E-state index contributed by atoms with van der Waals surface area (Å²) in [6.45, 7) is 1.81. The third-order valence-corrected chi connectivity index (χ3v) is 9.79. The van der Waals surface area contributed by atoms with Crippen molar-refractivity contribution in [3.05, 3.63) is 26.7 Å². The lowest BCUT2D eigenvalue weighted by Crippen LogP contribution is -2.55. The maximum atomic E-state index is 13.1. The lowest BCUT2D eigenvalue weighted by Gasteiger charge is -2.37. The van der Waals surface area contributed by atoms with Gasteiger partial charge >= 0.3 is 0 Å². The van der Waals surface area contributed by atoms with E-state index in [0.717, 1.165) is 16.9 Å². The van der Waals surface area contributed by atoms with Crippen LogP contribution in [0, 0.1) is 11.8 Å². The van der Waals surface area contributed by atoms with Crippen molar-refractivity contribution in [2.75, 3.05) is 26.2 Å². The molecule has 1 N–H and O–H groups in total. The Morgan fingerprint density at radius 3 is 2.29 bits per heavy atom. The van der Waals surface area contributed by atoms with Crippen molar-refractivity contribution in [2.45, 2.75) is 36.6 Å². The second-order valence-electron chi connectivity index (χ2n) is 7.82. The van der Waals surface area contributed by atoms with E-state index in [1.807, 2.05) is 0 Å². The van der Waals surface area contributed by atoms with Gasteiger partial charge in [-0.25, -0.2) is 8.42 Å². The van der Waals surface area contributed by atoms with Gasteiger partial charge in [0, 0.05) is 36.7 Å². The molecule has 1 aromatic carbocycles. The van der Waals surface area contributed by atoms with Crippen molar-refractivity contribution in [3.63, 3.8) is 0 Å². The Balaban J connectivity index is 1.39. The van der Waals surface area contributed by atoms with E-state index in [9.17, 15) is 8.42 Å². The van der Waals surface area contributed by atoms with E-state index in [2.05, 4.69) is 26.1 Å². The molecule has 0 amide bonds. The maximum absolute atomic E-state index is 13.1. The van der Waals surface area contributed by atoms with E-state index in [-0.39, 0.29) is 14.9 Å². The Morgan fingerprint density at radius 1 is 1.11 bits per heavy atom. The molecule has 2 aliphatic carbocycles. The number of benzene rings is 1. The first-order valence-electron chi connectivity index (χ1n) is 9.46. The smallest absolute Gasteiger partial charge is 0.246 e. The highest BCUT2D eigenvalue weighted by Crippen LogP contribution is 2.44. The number of nitrogens with zero attached hydrogens (tertiary/aromatic N) is 2. The molecule has 1 saturated heterocycles. The summed E-state index contributed by atoms with van der Waals surface area (Å²) in [5.41, 5.74) is 0. The van der Waals surface area contributed by atoms with Crippen molar-refractivity contribution in [1.29, 1.82) is 0 Å². The summed E-state index contributed by atoms with van der Waals surface area (Å²) in [4.78, 5) is 2.04. The molecule has 5 nitrogen and oxygen atoms in total. The number of hydrogen-bond acceptors (Lipinski definition) is 3. The van der Waals surface area contributed by atoms with Crippen LogP contribution in [0.4, 0.5) is 0 Å². The molecule has 1 aromatic rings. The van der Waals surface area contributed by atoms with Crippen molar-refractivity contribution in [3.8, 4) is 0 Å². The summed E-state index contributed by atoms with van der Waals surface area (Å²) in [6, 6.07) is 3.57. The Hall–Kier alpha value is -0.120. The number of thiocarbonyl (C=S) groups is 1. The van der Waals surface area contributed by atoms with E-state index in [1.165, 1.54) is 30.0 Å². The lowest BCUT2D eigenvalue weighted by atomic mass is 9.95. The van der Waals surface area contributed by atoms with Crippen LogP contribution in [-0.4, -0.2) is 55.0 Å². The quantitative estimate of drug-likeness (QED) is 0.600. The van der Waals surface area contributed by atoms with E-state index in [4.69, 9.17) is 35.4 Å². The SMILES string of the molecule is O=S(=O)(c1c(Cl)cc(Br)cc1Cl)N1CCN(C(=S)N[C@H]2C[C@@H]3CC[C@H]2C3)CC1. The molecule has 3 fully saturated rings. The van der Waals surface area contributed by atoms with Crippen LogP contribution < -0.4 is 5.32 Å². The third kappa shape index (κ3) is 4.05. The van der Waals surface area contributed by atoms with Crippen LogP contribution >= 0.6 is 51.3 Å². The molecule has 10 heteroatoms. The predicted octanol–water partition coefficient (Wildman–Crippen LogP) is 4.13. The van der Waals surface area contributed by atoms with E-state index in [0.29, 0.717) is 36.7 Å². The maximum Gasteiger partial charge on any atom is 0.246 e. The number of rotatable bonds is 3. The topological polar surface area (TPSA) is 52.7 Å². The molecule has 2 saturated carbocycles. The van der Waals surface area contributed by atoms with Crippen LogP contribution in [-0.2, 0) is 10.0 Å². The van der Waals surface area contributed by atoms with Gasteiger partial charge in [0.1, 0.15) is 4.90 Å². The average molecular weight is 527 g/mol. The molecule has 0 aromatic heterocycles. The van der Waals surface area contributed by atoms with Gasteiger partial charge < -0.3 is 10.2 Å². The van der Waals surface area contributed by atoms with Gasteiger partial charge in [-0.15, -0.1) is 0 Å². The molecule has 0 radical (unpaired) electrons. The van der Waals surface area contributed by atoms with E-state index < -0.39 is 10.0 Å². The van der Waals surface area contributed by atoms with Crippen LogP contribution in [0.5, 0.6) is 0 Å². The average Bonchev–Trinajstić information content (AvgIpc) is 3.23. The summed E-state index contributed by atoms with van der Waals surface area (Å²) in [6.07, 6.45) is 5.18. The number of nitrogens with one attached hydrogen (secondary N) is 1. The lowest BCUT2D eigenvalue weighted by molar-refractivity contribution is 0.258. The number of sulfonamides is 1. The number of hydrogen-bond donors (Lipinski definition) is 1. The monoisotopic (exact) mass is 525 g/mol. The molecular weight excluding hydrogens is 505 g/mol. The minimum Gasteiger partial charge on any atom is -0.360 e. The van der Waals surface area contributed by atoms with Gasteiger partial charge in [0.15, 0.2) is 5.11 Å². The highest BCUT2D eigenvalue weighted by atomic mass is 79.9. The second-order valence-corrected chi connectivity index (χ2v) is 11.8. The molecule has 154 valence electrons. The molecule has 2 bridgehead atoms. The molecule has 3 atom stereocenters. The van der Waals surface area contributed by atoms with Crippen LogP contribution in [0.1, 0.15) is 25.7 Å². The highest BCUT2D eigenvalue weighted by molar-refractivity contribution is 9.10. The van der Waals surface area contributed by atoms with Gasteiger partial charge in [0.05, 0.1) is 10.0 Å². The van der Waals surface area contributed by atoms with Crippen LogP contribution in [0.15, 0.2) is 21.5 Å². The summed E-state index contributed by atoms with van der Waals surface area (Å²) >= 11 is 21.2. The Labute approximate surface area is 189 Å². The normalized spacial score (nSPS) is 28.0. The predicted molar refractivity (Wildman–Crippen MR) is 119 cm³/mol. The zero-order valence-corrected chi connectivity index (χ0v) is 19.9. The van der Waals surface area contributed by atoms with Gasteiger partial charge in [-0.1, -0.05) is 45.6 Å². The number of piperazine rings is 1. The zero-order valence-electron chi connectivity index (χ0n) is 15.2. The van der Waals surface area contributed by atoms with Gasteiger partial charge in [-0.2, -0.15) is 4.31 Å². The van der Waals surface area contributed by atoms with Gasteiger partial charge in [-0.05, 0) is 55.4 Å². The molecule has 4 rings (SSSR count). The number of halogens is 3. The molecule has 0 unspecified atom stereocenters. The molecule has 3 aliphatic rings. The third-order valence-electron chi connectivity index (χ3n) is 6.13. The van der Waals surface area contributed by atoms with Crippen molar-refractivity contribution < 1.29 is 8.42 Å². The first-order valence-corrected chi connectivity index (χ1v) is 12.9. The van der Waals surface area contributed by atoms with Crippen LogP contribution in [0.25, 0.3) is 0 Å². The van der Waals surface area contributed by atoms with Gasteiger partial charge in [0.2, 0.25) is 10.0 Å². The standard InChI is InChI=1S/C18H22BrCl2N3O2S2/c19-13-9-14(20)17(15(21)10-13)28(25,26)24-5-3-23(4-6-24)18(27)22-16-8-11-1-2-12(16)7-11/h9-12,16H,1-8H2,(H,22,27)/t11-,12+,16+/m1/s1. The van der Waals surface area contributed by atoms with Crippen molar-refractivity contribution >= 4 is 66.5 Å². The van der Waals surface area contributed by atoms with E-state index in [1.54, 1.807) is 12.1 Å². The molecular formula is C18H22BrCl2N3O2S2. The van der Waals surface area contributed by atoms with Crippen molar-refractivity contribution in [1.82, 2.24) is 14.5 Å². The molecule has 1 aliphatic heterocycles. The Kier molecular flexibility index (Phi) is 6.18. The largest absolute Gasteiger partial charge is 0.360 e. The highest BCUT2D eigenvalue weighted by Gasteiger charge is 2.40. The number of fused-ring (bicyclic) bond motifs is 2. The van der Waals surface area contributed by atoms with E-state index >= 15 is 0 Å². The summed E-state index contributed by atoms with van der Waals surface area (Å²) in [5, 5.41) is 4.52. The Bertz CT molecular complexity index is 868. The minimum absolute atomic E-state index is 0.0323. The van der Waals surface area contributed by atoms with Gasteiger partial charge in [-0.3, -0.25) is 0 Å². The zero-order chi connectivity index (χ0) is 20.1. The summed E-state index contributed by atoms with van der Waals surface area (Å²) < 4.78 is 28.2. The fourth-order valence-electron chi connectivity index (χ4n) is 4.71. The fourth-order valence-corrected chi connectivity index (χ4v) is 8.35. The second kappa shape index (κ2) is 8.19. The fraction of sp³-hybridized carbons (Fsp3) is 0.611. The van der Waals surface area contributed by atoms with Crippen LogP contribution in [0.2, 0.25) is 10.0 Å². The summed E-state index contributed by atoms with van der Waals surface area (Å²) in [7, 11) is -3.76. The minimum atomic E-state index is -3.76. The van der Waals surface area contributed by atoms with Crippen LogP contribution in [0.3, 0.4) is 0 Å². The molecule has 1 heterocycles. The first-order chi connectivity index (χ1) is 13.3. The van der Waals surface area contributed by atoms with Crippen molar-refractivity contribution in [2.24, 2.45) is 11.8 Å². The first kappa shape index (κ1) is 21.1. The van der Waals surface area contributed by atoms with Gasteiger partial charge in [0.25, 0.3) is 0 Å². The Morgan fingerprint density at radius 2 is 1.75 bits per heavy atom. The molecule has 0 spiro atoms.